The smallest absolute Gasteiger partial charge is 0.272 e. The number of amides is 1. The maximum Gasteiger partial charge on any atom is 0.272 e. The molecule has 0 fully saturated rings. The van der Waals surface area contributed by atoms with E-state index in [4.69, 9.17) is 0 Å². The zero-order chi connectivity index (χ0) is 19.1. The highest BCUT2D eigenvalue weighted by Gasteiger charge is 2.16. The molecule has 0 radical (unpaired) electrons. The van der Waals surface area contributed by atoms with Gasteiger partial charge in [0.25, 0.3) is 5.91 Å². The summed E-state index contributed by atoms with van der Waals surface area (Å²) in [6, 6.07) is 3.55. The number of fused-ring (bicyclic) bond motifs is 1. The van der Waals surface area contributed by atoms with Gasteiger partial charge in [0.05, 0.1) is 17.6 Å². The van der Waals surface area contributed by atoms with Crippen molar-refractivity contribution in [2.24, 2.45) is 14.1 Å². The zero-order valence-corrected chi connectivity index (χ0v) is 15.6. The molecule has 0 unspecified atom stereocenters. The summed E-state index contributed by atoms with van der Waals surface area (Å²) in [5, 5.41) is 15.9. The molecule has 0 aromatic carbocycles. The summed E-state index contributed by atoms with van der Waals surface area (Å²) in [6.45, 7) is 4.30. The van der Waals surface area contributed by atoms with E-state index in [0.29, 0.717) is 17.9 Å². The van der Waals surface area contributed by atoms with E-state index in [1.807, 2.05) is 40.2 Å². The van der Waals surface area contributed by atoms with Gasteiger partial charge in [-0.2, -0.15) is 15.3 Å². The predicted molar refractivity (Wildman–Crippen MR) is 99.0 cm³/mol. The Hall–Kier alpha value is -3.49. The molecule has 0 saturated carbocycles. The highest BCUT2D eigenvalue weighted by atomic mass is 16.1. The van der Waals surface area contributed by atoms with Crippen LogP contribution in [-0.4, -0.2) is 40.1 Å². The number of aromatic nitrogens is 7. The van der Waals surface area contributed by atoms with Crippen LogP contribution in [0, 0.1) is 13.8 Å². The molecule has 4 heterocycles. The molecule has 1 N–H and O–H groups in total. The van der Waals surface area contributed by atoms with Crippen LogP contribution in [0.2, 0.25) is 0 Å². The first-order chi connectivity index (χ1) is 12.9. The predicted octanol–water partition coefficient (Wildman–Crippen LogP) is 1.41. The number of nitrogens with one attached hydrogen (secondary N) is 1. The van der Waals surface area contributed by atoms with Crippen LogP contribution in [-0.2, 0) is 20.6 Å². The fraction of sp³-hybridized carbons (Fsp3) is 0.278. The Morgan fingerprint density at radius 1 is 1.22 bits per heavy atom. The topological polar surface area (TPSA) is 94.9 Å². The summed E-state index contributed by atoms with van der Waals surface area (Å²) < 4.78 is 5.21. The van der Waals surface area contributed by atoms with Crippen LogP contribution >= 0.6 is 0 Å². The first-order valence-electron chi connectivity index (χ1n) is 8.55. The standard InChI is InChI=1S/C18H20N8O/c1-11-13(10-24(3)22-11)8-20-18(27)15-7-17-19-6-5-16(26(17)23-15)14-9-21-25(4)12(14)2/h5-7,9-10H,8H2,1-4H3,(H,20,27). The van der Waals surface area contributed by atoms with Crippen molar-refractivity contribution in [1.29, 1.82) is 0 Å². The third kappa shape index (κ3) is 2.97. The fourth-order valence-corrected chi connectivity index (χ4v) is 3.05. The number of hydrogen-bond acceptors (Lipinski definition) is 5. The molecule has 0 aliphatic heterocycles. The zero-order valence-electron chi connectivity index (χ0n) is 15.6. The highest BCUT2D eigenvalue weighted by Crippen LogP contribution is 2.23. The molecule has 4 rings (SSSR count). The summed E-state index contributed by atoms with van der Waals surface area (Å²) in [4.78, 5) is 16.9. The molecular weight excluding hydrogens is 344 g/mol. The summed E-state index contributed by atoms with van der Waals surface area (Å²) in [5.41, 5.74) is 5.59. The Balaban J connectivity index is 1.63. The van der Waals surface area contributed by atoms with E-state index >= 15 is 0 Å². The van der Waals surface area contributed by atoms with Gasteiger partial charge >= 0.3 is 0 Å². The SMILES string of the molecule is Cc1nn(C)cc1CNC(=O)c1cc2nccc(-c3cnn(C)c3C)n2n1. The van der Waals surface area contributed by atoms with E-state index in [-0.39, 0.29) is 5.91 Å². The molecule has 0 aliphatic carbocycles. The largest absolute Gasteiger partial charge is 0.346 e. The average molecular weight is 364 g/mol. The van der Waals surface area contributed by atoms with Gasteiger partial charge in [-0.1, -0.05) is 0 Å². The van der Waals surface area contributed by atoms with Crippen LogP contribution in [0.3, 0.4) is 0 Å². The third-order valence-electron chi connectivity index (χ3n) is 4.66. The molecule has 0 aliphatic rings. The van der Waals surface area contributed by atoms with Crippen molar-refractivity contribution in [2.45, 2.75) is 20.4 Å². The molecule has 138 valence electrons. The Kier molecular flexibility index (Phi) is 3.98. The van der Waals surface area contributed by atoms with Crippen LogP contribution in [0.4, 0.5) is 0 Å². The van der Waals surface area contributed by atoms with Crippen molar-refractivity contribution in [1.82, 2.24) is 39.5 Å². The third-order valence-corrected chi connectivity index (χ3v) is 4.66. The fourth-order valence-electron chi connectivity index (χ4n) is 3.05. The normalized spacial score (nSPS) is 11.3. The van der Waals surface area contributed by atoms with Crippen molar-refractivity contribution in [2.75, 3.05) is 0 Å². The van der Waals surface area contributed by atoms with E-state index in [0.717, 1.165) is 28.2 Å². The molecule has 0 saturated heterocycles. The number of rotatable bonds is 4. The number of aryl methyl sites for hydroxylation is 3. The van der Waals surface area contributed by atoms with Gasteiger partial charge < -0.3 is 5.32 Å². The van der Waals surface area contributed by atoms with Gasteiger partial charge in [-0.3, -0.25) is 14.2 Å². The first kappa shape index (κ1) is 17.0. The van der Waals surface area contributed by atoms with Crippen molar-refractivity contribution < 1.29 is 4.79 Å². The Morgan fingerprint density at radius 2 is 2.04 bits per heavy atom. The molecular formula is C18H20N8O. The second-order valence-electron chi connectivity index (χ2n) is 6.49. The maximum absolute atomic E-state index is 12.6. The van der Waals surface area contributed by atoms with E-state index in [1.54, 1.807) is 32.3 Å². The van der Waals surface area contributed by atoms with E-state index < -0.39 is 0 Å². The van der Waals surface area contributed by atoms with Gasteiger partial charge in [-0.25, -0.2) is 9.50 Å². The van der Waals surface area contributed by atoms with Crippen molar-refractivity contribution >= 4 is 11.6 Å². The number of carbonyl (C=O) groups is 1. The molecule has 4 aromatic heterocycles. The maximum atomic E-state index is 12.6. The van der Waals surface area contributed by atoms with Crippen molar-refractivity contribution in [3.05, 3.63) is 53.4 Å². The monoisotopic (exact) mass is 364 g/mol. The van der Waals surface area contributed by atoms with Crippen LogP contribution in [0.5, 0.6) is 0 Å². The van der Waals surface area contributed by atoms with Gasteiger partial charge in [0, 0.05) is 55.9 Å². The molecule has 0 spiro atoms. The molecule has 4 aromatic rings. The lowest BCUT2D eigenvalue weighted by Crippen LogP contribution is -2.23. The van der Waals surface area contributed by atoms with Gasteiger partial charge in [-0.05, 0) is 19.9 Å². The van der Waals surface area contributed by atoms with E-state index in [2.05, 4.69) is 25.6 Å². The molecule has 1 amide bonds. The average Bonchev–Trinajstić information content (AvgIpc) is 3.31. The van der Waals surface area contributed by atoms with Crippen LogP contribution in [0.25, 0.3) is 16.9 Å². The Bertz CT molecular complexity index is 1150. The summed E-state index contributed by atoms with van der Waals surface area (Å²) in [7, 11) is 3.74. The number of hydrogen-bond donors (Lipinski definition) is 1. The van der Waals surface area contributed by atoms with Gasteiger partial charge in [0.1, 0.15) is 0 Å². The summed E-state index contributed by atoms with van der Waals surface area (Å²) in [5.74, 6) is -0.252. The molecule has 27 heavy (non-hydrogen) atoms. The second kappa shape index (κ2) is 6.35. The molecule has 9 nitrogen and oxygen atoms in total. The van der Waals surface area contributed by atoms with Crippen LogP contribution in [0.1, 0.15) is 27.4 Å². The Labute approximate surface area is 155 Å². The molecule has 9 heteroatoms. The molecule has 0 bridgehead atoms. The lowest BCUT2D eigenvalue weighted by Gasteiger charge is -2.04. The number of carbonyl (C=O) groups excluding carboxylic acids is 1. The minimum absolute atomic E-state index is 0.252. The van der Waals surface area contributed by atoms with Crippen molar-refractivity contribution in [3.8, 4) is 11.3 Å². The van der Waals surface area contributed by atoms with Gasteiger partial charge in [0.15, 0.2) is 11.3 Å². The lowest BCUT2D eigenvalue weighted by molar-refractivity contribution is 0.0945. The molecule has 0 atom stereocenters. The minimum Gasteiger partial charge on any atom is -0.346 e. The van der Waals surface area contributed by atoms with E-state index in [9.17, 15) is 4.79 Å². The van der Waals surface area contributed by atoms with Crippen molar-refractivity contribution in [3.63, 3.8) is 0 Å². The lowest BCUT2D eigenvalue weighted by atomic mass is 10.2. The Morgan fingerprint density at radius 3 is 2.70 bits per heavy atom. The quantitative estimate of drug-likeness (QED) is 0.591. The van der Waals surface area contributed by atoms with Crippen LogP contribution in [0.15, 0.2) is 30.7 Å². The summed E-state index contributed by atoms with van der Waals surface area (Å²) >= 11 is 0. The van der Waals surface area contributed by atoms with Gasteiger partial charge in [-0.15, -0.1) is 0 Å². The van der Waals surface area contributed by atoms with Crippen LogP contribution < -0.4 is 5.32 Å². The minimum atomic E-state index is -0.252. The number of nitrogens with zero attached hydrogens (tertiary/aromatic N) is 7. The van der Waals surface area contributed by atoms with E-state index in [1.165, 1.54) is 0 Å². The van der Waals surface area contributed by atoms with Gasteiger partial charge in [0.2, 0.25) is 0 Å². The second-order valence-corrected chi connectivity index (χ2v) is 6.49. The highest BCUT2D eigenvalue weighted by molar-refractivity contribution is 5.93. The summed E-state index contributed by atoms with van der Waals surface area (Å²) in [6.07, 6.45) is 5.39. The first-order valence-corrected chi connectivity index (χ1v) is 8.55.